The molecule has 0 fully saturated rings. The van der Waals surface area contributed by atoms with Crippen LogP contribution in [0.2, 0.25) is 0 Å². The third-order valence-corrected chi connectivity index (χ3v) is 5.47. The molecular formula is C17H18BrNO5S. The largest absolute Gasteiger partial charge is 0.495 e. The van der Waals surface area contributed by atoms with E-state index >= 15 is 0 Å². The van der Waals surface area contributed by atoms with Crippen LogP contribution in [-0.4, -0.2) is 34.6 Å². The third kappa shape index (κ3) is 5.04. The smallest absolute Gasteiger partial charge is 0.324 e. The summed E-state index contributed by atoms with van der Waals surface area (Å²) in [6, 6.07) is 12.6. The van der Waals surface area contributed by atoms with Gasteiger partial charge in [-0.25, -0.2) is 8.42 Å². The first-order chi connectivity index (χ1) is 11.9. The molecule has 0 bridgehead atoms. The number of carbonyl (C=O) groups is 1. The minimum atomic E-state index is -4.01. The van der Waals surface area contributed by atoms with Gasteiger partial charge in [0, 0.05) is 4.47 Å². The van der Waals surface area contributed by atoms with Crippen LogP contribution in [0.3, 0.4) is 0 Å². The minimum Gasteiger partial charge on any atom is -0.495 e. The van der Waals surface area contributed by atoms with Gasteiger partial charge in [-0.1, -0.05) is 46.3 Å². The SMILES string of the molecule is COC(=O)C(Cc1ccccc1)NS(=O)(=O)c1cc(Br)ccc1OC. The Labute approximate surface area is 155 Å². The number of rotatable bonds is 7. The molecule has 6 nitrogen and oxygen atoms in total. The highest BCUT2D eigenvalue weighted by Gasteiger charge is 2.29. The Morgan fingerprint density at radius 1 is 1.16 bits per heavy atom. The van der Waals surface area contributed by atoms with Crippen LogP contribution in [0.5, 0.6) is 5.75 Å². The van der Waals surface area contributed by atoms with Crippen molar-refractivity contribution in [1.29, 1.82) is 0 Å². The van der Waals surface area contributed by atoms with Crippen molar-refractivity contribution >= 4 is 31.9 Å². The van der Waals surface area contributed by atoms with E-state index in [1.165, 1.54) is 26.4 Å². The molecule has 2 aromatic rings. The molecule has 8 heteroatoms. The Morgan fingerprint density at radius 2 is 1.84 bits per heavy atom. The Hall–Kier alpha value is -1.90. The van der Waals surface area contributed by atoms with Crippen molar-refractivity contribution in [3.05, 3.63) is 58.6 Å². The van der Waals surface area contributed by atoms with Gasteiger partial charge in [-0.05, 0) is 30.2 Å². The van der Waals surface area contributed by atoms with Gasteiger partial charge in [-0.3, -0.25) is 4.79 Å². The summed E-state index contributed by atoms with van der Waals surface area (Å²) >= 11 is 3.24. The summed E-state index contributed by atoms with van der Waals surface area (Å²) in [6.07, 6.45) is 0.170. The molecule has 0 saturated heterocycles. The monoisotopic (exact) mass is 427 g/mol. The second-order valence-electron chi connectivity index (χ2n) is 5.18. The van der Waals surface area contributed by atoms with Gasteiger partial charge in [-0.2, -0.15) is 4.72 Å². The average molecular weight is 428 g/mol. The van der Waals surface area contributed by atoms with E-state index in [2.05, 4.69) is 20.7 Å². The van der Waals surface area contributed by atoms with Crippen molar-refractivity contribution in [3.63, 3.8) is 0 Å². The lowest BCUT2D eigenvalue weighted by molar-refractivity contribution is -0.142. The lowest BCUT2D eigenvalue weighted by Crippen LogP contribution is -2.43. The van der Waals surface area contributed by atoms with Gasteiger partial charge in [-0.15, -0.1) is 0 Å². The fourth-order valence-electron chi connectivity index (χ4n) is 2.28. The quantitative estimate of drug-likeness (QED) is 0.686. The maximum Gasteiger partial charge on any atom is 0.324 e. The molecule has 0 saturated carbocycles. The topological polar surface area (TPSA) is 81.7 Å². The summed E-state index contributed by atoms with van der Waals surface area (Å²) in [6.45, 7) is 0. The van der Waals surface area contributed by atoms with Crippen molar-refractivity contribution < 1.29 is 22.7 Å². The van der Waals surface area contributed by atoms with Crippen LogP contribution < -0.4 is 9.46 Å². The molecule has 0 radical (unpaired) electrons. The van der Waals surface area contributed by atoms with Crippen molar-refractivity contribution in [2.45, 2.75) is 17.4 Å². The molecular weight excluding hydrogens is 410 g/mol. The summed E-state index contributed by atoms with van der Waals surface area (Å²) < 4.78 is 38.4. The number of halogens is 1. The average Bonchev–Trinajstić information content (AvgIpc) is 2.61. The van der Waals surface area contributed by atoms with E-state index in [9.17, 15) is 13.2 Å². The summed E-state index contributed by atoms with van der Waals surface area (Å²) in [7, 11) is -1.41. The summed E-state index contributed by atoms with van der Waals surface area (Å²) in [5.41, 5.74) is 0.807. The second-order valence-corrected chi connectivity index (χ2v) is 7.78. The van der Waals surface area contributed by atoms with Crippen LogP contribution in [0.25, 0.3) is 0 Å². The summed E-state index contributed by atoms with van der Waals surface area (Å²) in [5.74, 6) is -0.486. The fraction of sp³-hybridized carbons (Fsp3) is 0.235. The maximum absolute atomic E-state index is 12.8. The summed E-state index contributed by atoms with van der Waals surface area (Å²) in [4.78, 5) is 12.0. The van der Waals surface area contributed by atoms with Gasteiger partial charge < -0.3 is 9.47 Å². The Balaban J connectivity index is 2.34. The number of sulfonamides is 1. The van der Waals surface area contributed by atoms with Crippen LogP contribution in [0, 0.1) is 0 Å². The molecule has 134 valence electrons. The van der Waals surface area contributed by atoms with Crippen LogP contribution >= 0.6 is 15.9 Å². The highest BCUT2D eigenvalue weighted by molar-refractivity contribution is 9.10. The number of carbonyl (C=O) groups excluding carboxylic acids is 1. The number of ether oxygens (including phenoxy) is 2. The van der Waals surface area contributed by atoms with E-state index < -0.39 is 22.0 Å². The predicted octanol–water partition coefficient (Wildman–Crippen LogP) is 2.52. The normalized spacial score (nSPS) is 12.4. The van der Waals surface area contributed by atoms with Crippen molar-refractivity contribution in [1.82, 2.24) is 4.72 Å². The minimum absolute atomic E-state index is 0.0636. The lowest BCUT2D eigenvalue weighted by Gasteiger charge is -2.18. The van der Waals surface area contributed by atoms with E-state index in [-0.39, 0.29) is 17.1 Å². The molecule has 25 heavy (non-hydrogen) atoms. The molecule has 0 amide bonds. The van der Waals surface area contributed by atoms with E-state index in [4.69, 9.17) is 9.47 Å². The molecule has 1 unspecified atom stereocenters. The number of esters is 1. The van der Waals surface area contributed by atoms with Crippen molar-refractivity contribution in [3.8, 4) is 5.75 Å². The van der Waals surface area contributed by atoms with E-state index in [1.54, 1.807) is 6.07 Å². The number of methoxy groups -OCH3 is 2. The number of nitrogens with one attached hydrogen (secondary N) is 1. The van der Waals surface area contributed by atoms with Gasteiger partial charge >= 0.3 is 5.97 Å². The van der Waals surface area contributed by atoms with Crippen LogP contribution in [-0.2, 0) is 26.0 Å². The van der Waals surface area contributed by atoms with Crippen LogP contribution in [0.15, 0.2) is 57.9 Å². The first-order valence-electron chi connectivity index (χ1n) is 7.35. The van der Waals surface area contributed by atoms with E-state index in [0.717, 1.165) is 5.56 Å². The number of benzene rings is 2. The van der Waals surface area contributed by atoms with Crippen LogP contribution in [0.1, 0.15) is 5.56 Å². The van der Waals surface area contributed by atoms with Gasteiger partial charge in [0.1, 0.15) is 16.7 Å². The number of hydrogen-bond acceptors (Lipinski definition) is 5. The first-order valence-corrected chi connectivity index (χ1v) is 9.62. The molecule has 0 aliphatic carbocycles. The maximum atomic E-state index is 12.8. The standard InChI is InChI=1S/C17H18BrNO5S/c1-23-15-9-8-13(18)11-16(15)25(21,22)19-14(17(20)24-2)10-12-6-4-3-5-7-12/h3-9,11,14,19H,10H2,1-2H3. The van der Waals surface area contributed by atoms with Crippen molar-refractivity contribution in [2.24, 2.45) is 0 Å². The zero-order valence-corrected chi connectivity index (χ0v) is 16.1. The van der Waals surface area contributed by atoms with Gasteiger partial charge in [0.05, 0.1) is 14.2 Å². The lowest BCUT2D eigenvalue weighted by atomic mass is 10.1. The Kier molecular flexibility index (Phi) is 6.57. The van der Waals surface area contributed by atoms with Crippen molar-refractivity contribution in [2.75, 3.05) is 14.2 Å². The molecule has 0 aromatic heterocycles. The molecule has 0 aliphatic heterocycles. The van der Waals surface area contributed by atoms with Gasteiger partial charge in [0.2, 0.25) is 10.0 Å². The van der Waals surface area contributed by atoms with E-state index in [0.29, 0.717) is 4.47 Å². The molecule has 1 N–H and O–H groups in total. The Morgan fingerprint density at radius 3 is 2.44 bits per heavy atom. The molecule has 0 heterocycles. The predicted molar refractivity (Wildman–Crippen MR) is 97.0 cm³/mol. The van der Waals surface area contributed by atoms with Crippen LogP contribution in [0.4, 0.5) is 0 Å². The first kappa shape index (κ1) is 19.4. The zero-order valence-electron chi connectivity index (χ0n) is 13.7. The molecule has 1 atom stereocenters. The molecule has 2 rings (SSSR count). The highest BCUT2D eigenvalue weighted by Crippen LogP contribution is 2.27. The zero-order chi connectivity index (χ0) is 18.4. The third-order valence-electron chi connectivity index (χ3n) is 3.48. The molecule has 2 aromatic carbocycles. The van der Waals surface area contributed by atoms with E-state index in [1.807, 2.05) is 30.3 Å². The van der Waals surface area contributed by atoms with Gasteiger partial charge in [0.15, 0.2) is 0 Å². The number of hydrogen-bond donors (Lipinski definition) is 1. The molecule has 0 aliphatic rings. The second kappa shape index (κ2) is 8.46. The van der Waals surface area contributed by atoms with Gasteiger partial charge in [0.25, 0.3) is 0 Å². The summed E-state index contributed by atoms with van der Waals surface area (Å²) in [5, 5.41) is 0. The Bertz CT molecular complexity index is 839. The fourth-order valence-corrected chi connectivity index (χ4v) is 4.17. The molecule has 0 spiro atoms. The highest BCUT2D eigenvalue weighted by atomic mass is 79.9.